The average molecular weight is 670 g/mol. The normalized spacial score (nSPS) is 11.5. The fraction of sp³-hybridized carbons (Fsp3) is 0. The third kappa shape index (κ3) is 5.10. The monoisotopic (exact) mass is 669 g/mol. The summed E-state index contributed by atoms with van der Waals surface area (Å²) in [5.74, 6) is 0. The van der Waals surface area contributed by atoms with Crippen LogP contribution in [-0.2, 0) is 0 Å². The number of thiophene rings is 1. The van der Waals surface area contributed by atoms with Crippen molar-refractivity contribution < 1.29 is 4.42 Å². The second-order valence-corrected chi connectivity index (χ2v) is 14.0. The van der Waals surface area contributed by atoms with E-state index in [-0.39, 0.29) is 0 Å². The Hall–Kier alpha value is -6.42. The second-order valence-electron chi connectivity index (χ2n) is 12.9. The van der Waals surface area contributed by atoms with Gasteiger partial charge >= 0.3 is 0 Å². The molecule has 0 N–H and O–H groups in total. The lowest BCUT2D eigenvalue weighted by molar-refractivity contribution is 0.670. The SMILES string of the molecule is c1ccc(-c2ccc(N(c3ccc(-c4cccc5c4oc4ccccc45)cc3)c3cc(-c4ccccc4)c4sc5ccccc5c4c3)cc2)cc1. The summed E-state index contributed by atoms with van der Waals surface area (Å²) in [5, 5.41) is 4.83. The molecule has 51 heavy (non-hydrogen) atoms. The lowest BCUT2D eigenvalue weighted by atomic mass is 9.99. The lowest BCUT2D eigenvalue weighted by Gasteiger charge is -2.27. The van der Waals surface area contributed by atoms with E-state index < -0.39 is 0 Å². The molecule has 0 saturated carbocycles. The number of anilines is 3. The zero-order valence-electron chi connectivity index (χ0n) is 27.7. The highest BCUT2D eigenvalue weighted by molar-refractivity contribution is 7.26. The van der Waals surface area contributed by atoms with Crippen molar-refractivity contribution in [1.82, 2.24) is 0 Å². The summed E-state index contributed by atoms with van der Waals surface area (Å²) in [5.41, 5.74) is 12.2. The molecule has 0 spiro atoms. The molecule has 0 bridgehead atoms. The van der Waals surface area contributed by atoms with Crippen LogP contribution in [-0.4, -0.2) is 0 Å². The molecule has 0 aliphatic rings. The molecule has 0 unspecified atom stereocenters. The van der Waals surface area contributed by atoms with E-state index in [2.05, 4.69) is 181 Å². The quantitative estimate of drug-likeness (QED) is 0.175. The molecular formula is C48H31NOS. The van der Waals surface area contributed by atoms with E-state index >= 15 is 0 Å². The van der Waals surface area contributed by atoms with E-state index in [0.717, 1.165) is 50.1 Å². The first-order valence-electron chi connectivity index (χ1n) is 17.3. The van der Waals surface area contributed by atoms with Crippen LogP contribution in [0.2, 0.25) is 0 Å². The number of benzene rings is 8. The van der Waals surface area contributed by atoms with E-state index in [1.165, 1.54) is 42.4 Å². The van der Waals surface area contributed by atoms with Crippen molar-refractivity contribution in [3.05, 3.63) is 188 Å². The number of fused-ring (bicyclic) bond motifs is 6. The molecular weight excluding hydrogens is 639 g/mol. The van der Waals surface area contributed by atoms with Gasteiger partial charge in [0.25, 0.3) is 0 Å². The van der Waals surface area contributed by atoms with Crippen molar-refractivity contribution >= 4 is 70.5 Å². The summed E-state index contributed by atoms with van der Waals surface area (Å²) in [4.78, 5) is 2.39. The van der Waals surface area contributed by atoms with Crippen LogP contribution in [0.3, 0.4) is 0 Å². The highest BCUT2D eigenvalue weighted by Crippen LogP contribution is 2.46. The number of nitrogens with zero attached hydrogens (tertiary/aromatic N) is 1. The number of furan rings is 1. The van der Waals surface area contributed by atoms with Gasteiger partial charge in [-0.1, -0.05) is 140 Å². The third-order valence-electron chi connectivity index (χ3n) is 9.88. The molecule has 2 nitrogen and oxygen atoms in total. The number of para-hydroxylation sites is 2. The maximum Gasteiger partial charge on any atom is 0.143 e. The number of hydrogen-bond donors (Lipinski definition) is 0. The highest BCUT2D eigenvalue weighted by Gasteiger charge is 2.19. The lowest BCUT2D eigenvalue weighted by Crippen LogP contribution is -2.10. The molecule has 0 aliphatic carbocycles. The highest BCUT2D eigenvalue weighted by atomic mass is 32.1. The van der Waals surface area contributed by atoms with E-state index in [1.807, 2.05) is 23.5 Å². The summed E-state index contributed by atoms with van der Waals surface area (Å²) >= 11 is 1.87. The van der Waals surface area contributed by atoms with Gasteiger partial charge in [0.2, 0.25) is 0 Å². The Bertz CT molecular complexity index is 2830. The summed E-state index contributed by atoms with van der Waals surface area (Å²) < 4.78 is 9.02. The van der Waals surface area contributed by atoms with Crippen LogP contribution < -0.4 is 4.90 Å². The molecule has 3 heteroatoms. The summed E-state index contributed by atoms with van der Waals surface area (Å²) in [6.07, 6.45) is 0. The van der Waals surface area contributed by atoms with Gasteiger partial charge in [0, 0.05) is 59.1 Å². The molecule has 0 atom stereocenters. The van der Waals surface area contributed by atoms with Gasteiger partial charge in [-0.3, -0.25) is 0 Å². The summed E-state index contributed by atoms with van der Waals surface area (Å²) in [7, 11) is 0. The molecule has 0 radical (unpaired) electrons. The molecule has 0 fully saturated rings. The van der Waals surface area contributed by atoms with Crippen LogP contribution in [0.4, 0.5) is 17.1 Å². The Balaban J connectivity index is 1.16. The van der Waals surface area contributed by atoms with Crippen molar-refractivity contribution in [2.75, 3.05) is 4.90 Å². The fourth-order valence-corrected chi connectivity index (χ4v) is 8.64. The van der Waals surface area contributed by atoms with Gasteiger partial charge in [-0.15, -0.1) is 11.3 Å². The van der Waals surface area contributed by atoms with Gasteiger partial charge in [0.05, 0.1) is 0 Å². The molecule has 240 valence electrons. The van der Waals surface area contributed by atoms with Crippen LogP contribution in [0.25, 0.3) is 75.5 Å². The van der Waals surface area contributed by atoms with Gasteiger partial charge in [-0.05, 0) is 70.8 Å². The Labute approximate surface area is 300 Å². The van der Waals surface area contributed by atoms with Crippen LogP contribution in [0.1, 0.15) is 0 Å². The van der Waals surface area contributed by atoms with Crippen LogP contribution >= 0.6 is 11.3 Å². The van der Waals surface area contributed by atoms with Crippen LogP contribution in [0.15, 0.2) is 192 Å². The minimum atomic E-state index is 0.910. The summed E-state index contributed by atoms with van der Waals surface area (Å²) in [6.45, 7) is 0. The molecule has 0 amide bonds. The Morgan fingerprint density at radius 3 is 1.69 bits per heavy atom. The van der Waals surface area contributed by atoms with Gasteiger partial charge in [0.15, 0.2) is 0 Å². The van der Waals surface area contributed by atoms with Crippen molar-refractivity contribution in [1.29, 1.82) is 0 Å². The Morgan fingerprint density at radius 1 is 0.373 bits per heavy atom. The molecule has 10 aromatic rings. The van der Waals surface area contributed by atoms with E-state index in [9.17, 15) is 0 Å². The van der Waals surface area contributed by atoms with Crippen molar-refractivity contribution in [3.8, 4) is 33.4 Å². The predicted octanol–water partition coefficient (Wildman–Crippen LogP) is 14.4. The third-order valence-corrected chi connectivity index (χ3v) is 11.1. The first-order valence-corrected chi connectivity index (χ1v) is 18.1. The standard InChI is InChI=1S/C48H31NOS/c1-3-12-32(13-4-1)33-22-26-36(27-23-33)49(37-28-24-35(25-29-37)39-18-11-19-42-40-16-7-9-20-45(40)50-47(39)42)38-30-43(34-14-5-2-6-15-34)48-44(31-38)41-17-8-10-21-46(41)51-48/h1-31H. The van der Waals surface area contributed by atoms with E-state index in [1.54, 1.807) is 0 Å². The average Bonchev–Trinajstić information content (AvgIpc) is 3.78. The first-order chi connectivity index (χ1) is 25.3. The van der Waals surface area contributed by atoms with E-state index in [0.29, 0.717) is 0 Å². The smallest absolute Gasteiger partial charge is 0.143 e. The second kappa shape index (κ2) is 12.2. The van der Waals surface area contributed by atoms with Gasteiger partial charge in [-0.25, -0.2) is 0 Å². The predicted molar refractivity (Wildman–Crippen MR) is 218 cm³/mol. The molecule has 0 aliphatic heterocycles. The summed E-state index contributed by atoms with van der Waals surface area (Å²) in [6, 6.07) is 67.4. The van der Waals surface area contributed by atoms with Crippen molar-refractivity contribution in [3.63, 3.8) is 0 Å². The zero-order valence-corrected chi connectivity index (χ0v) is 28.5. The van der Waals surface area contributed by atoms with Crippen LogP contribution in [0.5, 0.6) is 0 Å². The first kappa shape index (κ1) is 29.5. The van der Waals surface area contributed by atoms with Gasteiger partial charge < -0.3 is 9.32 Å². The minimum absolute atomic E-state index is 0.910. The van der Waals surface area contributed by atoms with Crippen LogP contribution in [0, 0.1) is 0 Å². The van der Waals surface area contributed by atoms with Gasteiger partial charge in [-0.2, -0.15) is 0 Å². The molecule has 2 aromatic heterocycles. The maximum atomic E-state index is 6.42. The number of hydrogen-bond acceptors (Lipinski definition) is 3. The minimum Gasteiger partial charge on any atom is -0.455 e. The van der Waals surface area contributed by atoms with Gasteiger partial charge in [0.1, 0.15) is 11.2 Å². The van der Waals surface area contributed by atoms with Crippen molar-refractivity contribution in [2.45, 2.75) is 0 Å². The topological polar surface area (TPSA) is 16.4 Å². The maximum absolute atomic E-state index is 6.42. The Kier molecular flexibility index (Phi) is 7.04. The molecule has 10 rings (SSSR count). The van der Waals surface area contributed by atoms with Crippen molar-refractivity contribution in [2.24, 2.45) is 0 Å². The molecule has 2 heterocycles. The largest absolute Gasteiger partial charge is 0.455 e. The number of rotatable bonds is 6. The molecule has 0 saturated heterocycles. The fourth-order valence-electron chi connectivity index (χ4n) is 7.42. The van der Waals surface area contributed by atoms with E-state index in [4.69, 9.17) is 4.42 Å². The molecule has 8 aromatic carbocycles. The zero-order chi connectivity index (χ0) is 33.7. The Morgan fingerprint density at radius 2 is 0.941 bits per heavy atom.